The van der Waals surface area contributed by atoms with Crippen LogP contribution in [0.25, 0.3) is 0 Å². The van der Waals surface area contributed by atoms with E-state index in [0.717, 1.165) is 0 Å². The van der Waals surface area contributed by atoms with E-state index in [0.29, 0.717) is 5.69 Å². The second-order valence-electron chi connectivity index (χ2n) is 3.51. The van der Waals surface area contributed by atoms with Crippen LogP contribution in [0.3, 0.4) is 0 Å². The molecule has 2 N–H and O–H groups in total. The summed E-state index contributed by atoms with van der Waals surface area (Å²) in [6.07, 6.45) is 1.68. The molecule has 0 fully saturated rings. The summed E-state index contributed by atoms with van der Waals surface area (Å²) >= 11 is 0. The van der Waals surface area contributed by atoms with Gasteiger partial charge in [-0.15, -0.1) is 0 Å². The Balaban J connectivity index is 3.49. The molecule has 0 aliphatic rings. The molecule has 0 aliphatic carbocycles. The minimum absolute atomic E-state index is 0.0844. The van der Waals surface area contributed by atoms with Gasteiger partial charge in [0.15, 0.2) is 5.43 Å². The average molecular weight is 194 g/mol. The van der Waals surface area contributed by atoms with Crippen LogP contribution in [-0.4, -0.2) is 10.5 Å². The van der Waals surface area contributed by atoms with Gasteiger partial charge < -0.3 is 10.3 Å². The highest BCUT2D eigenvalue weighted by Gasteiger charge is 2.13. The van der Waals surface area contributed by atoms with Crippen LogP contribution in [0.15, 0.2) is 17.1 Å². The summed E-state index contributed by atoms with van der Waals surface area (Å²) in [6.45, 7) is 5.67. The van der Waals surface area contributed by atoms with Crippen molar-refractivity contribution in [1.29, 1.82) is 0 Å². The average Bonchev–Trinajstić information content (AvgIpc) is 2.02. The van der Waals surface area contributed by atoms with E-state index in [1.165, 1.54) is 6.07 Å². The monoisotopic (exact) mass is 194 g/mol. The highest BCUT2D eigenvalue weighted by atomic mass is 16.2. The van der Waals surface area contributed by atoms with E-state index in [-0.39, 0.29) is 17.0 Å². The Bertz CT molecular complexity index is 419. The predicted octanol–water partition coefficient (Wildman–Crippen LogP) is 0.837. The van der Waals surface area contributed by atoms with Crippen LogP contribution in [0.1, 0.15) is 35.9 Å². The van der Waals surface area contributed by atoms with Gasteiger partial charge in [0.1, 0.15) is 5.56 Å². The number of hydrogen-bond acceptors (Lipinski definition) is 2. The fourth-order valence-corrected chi connectivity index (χ4v) is 1.51. The number of aromatic nitrogens is 1. The van der Waals surface area contributed by atoms with Crippen LogP contribution < -0.4 is 11.2 Å². The third-order valence-corrected chi connectivity index (χ3v) is 2.18. The molecule has 1 amide bonds. The molecule has 1 heterocycles. The first-order chi connectivity index (χ1) is 6.45. The molecular formula is C10H14N2O2. The first-order valence-corrected chi connectivity index (χ1v) is 4.46. The van der Waals surface area contributed by atoms with Gasteiger partial charge in [-0.3, -0.25) is 9.59 Å². The van der Waals surface area contributed by atoms with Gasteiger partial charge in [0.2, 0.25) is 0 Å². The van der Waals surface area contributed by atoms with Crippen molar-refractivity contribution in [2.24, 2.45) is 5.73 Å². The Morgan fingerprint density at radius 1 is 1.50 bits per heavy atom. The fraction of sp³-hybridized carbons (Fsp3) is 0.400. The minimum atomic E-state index is -0.664. The Labute approximate surface area is 82.3 Å². The lowest BCUT2D eigenvalue weighted by atomic mass is 10.1. The molecule has 1 aromatic rings. The zero-order valence-electron chi connectivity index (χ0n) is 8.57. The van der Waals surface area contributed by atoms with Gasteiger partial charge in [-0.05, 0) is 20.8 Å². The summed E-state index contributed by atoms with van der Waals surface area (Å²) in [5, 5.41) is 0. The van der Waals surface area contributed by atoms with Crippen molar-refractivity contribution in [3.63, 3.8) is 0 Å². The maximum absolute atomic E-state index is 11.3. The smallest absolute Gasteiger partial charge is 0.254 e. The van der Waals surface area contributed by atoms with Gasteiger partial charge in [0, 0.05) is 24.0 Å². The third-order valence-electron chi connectivity index (χ3n) is 2.18. The minimum Gasteiger partial charge on any atom is -0.365 e. The van der Waals surface area contributed by atoms with E-state index in [4.69, 9.17) is 5.73 Å². The molecule has 0 spiro atoms. The number of nitrogens with zero attached hydrogens (tertiary/aromatic N) is 1. The second-order valence-corrected chi connectivity index (χ2v) is 3.51. The summed E-state index contributed by atoms with van der Waals surface area (Å²) in [4.78, 5) is 22.4. The summed E-state index contributed by atoms with van der Waals surface area (Å²) in [5.74, 6) is -0.664. The van der Waals surface area contributed by atoms with Crippen molar-refractivity contribution >= 4 is 5.91 Å². The molecule has 4 nitrogen and oxygen atoms in total. The maximum atomic E-state index is 11.3. The molecule has 0 aliphatic heterocycles. The summed E-state index contributed by atoms with van der Waals surface area (Å²) < 4.78 is 1.85. The Morgan fingerprint density at radius 2 is 2.07 bits per heavy atom. The quantitative estimate of drug-likeness (QED) is 0.758. The van der Waals surface area contributed by atoms with Crippen LogP contribution >= 0.6 is 0 Å². The summed E-state index contributed by atoms with van der Waals surface area (Å²) in [7, 11) is 0. The van der Waals surface area contributed by atoms with E-state index in [2.05, 4.69) is 0 Å². The molecule has 1 aromatic heterocycles. The van der Waals surface area contributed by atoms with Crippen molar-refractivity contribution in [3.05, 3.63) is 33.7 Å². The van der Waals surface area contributed by atoms with Crippen molar-refractivity contribution in [2.75, 3.05) is 0 Å². The SMILES string of the molecule is Cc1c(C(N)=O)c(=O)ccn1C(C)C. The summed E-state index contributed by atoms with van der Waals surface area (Å²) in [5.41, 5.74) is 5.53. The number of amides is 1. The van der Waals surface area contributed by atoms with Gasteiger partial charge in [0.25, 0.3) is 5.91 Å². The van der Waals surface area contributed by atoms with Crippen molar-refractivity contribution in [2.45, 2.75) is 26.8 Å². The fourth-order valence-electron chi connectivity index (χ4n) is 1.51. The van der Waals surface area contributed by atoms with Gasteiger partial charge in [-0.25, -0.2) is 0 Å². The molecular weight excluding hydrogens is 180 g/mol. The molecule has 1 rings (SSSR count). The van der Waals surface area contributed by atoms with Crippen LogP contribution in [0.2, 0.25) is 0 Å². The lowest BCUT2D eigenvalue weighted by Crippen LogP contribution is -2.26. The highest BCUT2D eigenvalue weighted by molar-refractivity contribution is 5.93. The number of hydrogen-bond donors (Lipinski definition) is 1. The molecule has 0 saturated heterocycles. The zero-order valence-corrected chi connectivity index (χ0v) is 8.57. The highest BCUT2D eigenvalue weighted by Crippen LogP contribution is 2.09. The van der Waals surface area contributed by atoms with Gasteiger partial charge >= 0.3 is 0 Å². The maximum Gasteiger partial charge on any atom is 0.254 e. The first kappa shape index (κ1) is 10.5. The number of carbonyl (C=O) groups excluding carboxylic acids is 1. The van der Waals surface area contributed by atoms with Crippen LogP contribution in [0, 0.1) is 6.92 Å². The van der Waals surface area contributed by atoms with E-state index in [1.807, 2.05) is 18.4 Å². The van der Waals surface area contributed by atoms with E-state index < -0.39 is 5.91 Å². The summed E-state index contributed by atoms with van der Waals surface area (Å²) in [6, 6.07) is 1.57. The largest absolute Gasteiger partial charge is 0.365 e. The van der Waals surface area contributed by atoms with Crippen LogP contribution in [0.5, 0.6) is 0 Å². The number of primary amides is 1. The predicted molar refractivity (Wildman–Crippen MR) is 54.3 cm³/mol. The van der Waals surface area contributed by atoms with E-state index in [1.54, 1.807) is 13.1 Å². The molecule has 76 valence electrons. The van der Waals surface area contributed by atoms with Gasteiger partial charge in [-0.2, -0.15) is 0 Å². The molecule has 0 saturated carbocycles. The molecule has 0 unspecified atom stereocenters. The van der Waals surface area contributed by atoms with Crippen molar-refractivity contribution < 1.29 is 4.79 Å². The number of rotatable bonds is 2. The van der Waals surface area contributed by atoms with Crippen molar-refractivity contribution in [3.8, 4) is 0 Å². The van der Waals surface area contributed by atoms with E-state index in [9.17, 15) is 9.59 Å². The molecule has 0 aromatic carbocycles. The second kappa shape index (κ2) is 3.65. The molecule has 0 bridgehead atoms. The van der Waals surface area contributed by atoms with Crippen LogP contribution in [0.4, 0.5) is 0 Å². The lowest BCUT2D eigenvalue weighted by molar-refractivity contribution is 0.0997. The third kappa shape index (κ3) is 1.69. The Morgan fingerprint density at radius 3 is 2.50 bits per heavy atom. The molecule has 14 heavy (non-hydrogen) atoms. The standard InChI is InChI=1S/C10H14N2O2/c1-6(2)12-5-4-8(13)9(7(12)3)10(11)14/h4-6H,1-3H3,(H2,11,14). The van der Waals surface area contributed by atoms with Gasteiger partial charge in [0.05, 0.1) is 0 Å². The van der Waals surface area contributed by atoms with Gasteiger partial charge in [-0.1, -0.05) is 0 Å². The molecule has 0 radical (unpaired) electrons. The van der Waals surface area contributed by atoms with E-state index >= 15 is 0 Å². The zero-order chi connectivity index (χ0) is 10.9. The molecule has 0 atom stereocenters. The first-order valence-electron chi connectivity index (χ1n) is 4.46. The van der Waals surface area contributed by atoms with Crippen LogP contribution in [-0.2, 0) is 0 Å². The number of carbonyl (C=O) groups is 1. The normalized spacial score (nSPS) is 10.6. The number of nitrogens with two attached hydrogens (primary N) is 1. The van der Waals surface area contributed by atoms with Crippen molar-refractivity contribution in [1.82, 2.24) is 4.57 Å². The Hall–Kier alpha value is -1.58. The topological polar surface area (TPSA) is 65.1 Å². The Kier molecular flexibility index (Phi) is 2.74. The number of pyridine rings is 1. The molecule has 4 heteroatoms. The lowest BCUT2D eigenvalue weighted by Gasteiger charge is -2.15.